The van der Waals surface area contributed by atoms with Crippen LogP contribution in [0.1, 0.15) is 0 Å². The fourth-order valence-corrected chi connectivity index (χ4v) is 1.05. The summed E-state index contributed by atoms with van der Waals surface area (Å²) in [5, 5.41) is 11.7. The van der Waals surface area contributed by atoms with Crippen LogP contribution in [0.4, 0.5) is 5.69 Å². The highest BCUT2D eigenvalue weighted by molar-refractivity contribution is 5.48. The lowest BCUT2D eigenvalue weighted by Gasteiger charge is -2.07. The summed E-state index contributed by atoms with van der Waals surface area (Å²) in [6, 6.07) is 7.60. The molecule has 0 spiro atoms. The van der Waals surface area contributed by atoms with Crippen molar-refractivity contribution in [2.75, 3.05) is 25.1 Å². The van der Waals surface area contributed by atoms with Crippen molar-refractivity contribution >= 4 is 5.69 Å². The highest BCUT2D eigenvalue weighted by atomic mass is 16.5. The molecule has 3 nitrogen and oxygen atoms in total. The summed E-state index contributed by atoms with van der Waals surface area (Å²) in [7, 11) is 0. The Morgan fingerprint density at radius 1 is 1.50 bits per heavy atom. The second kappa shape index (κ2) is 6.05. The molecule has 76 valence electrons. The molecule has 0 atom stereocenters. The van der Waals surface area contributed by atoms with Crippen molar-refractivity contribution < 1.29 is 9.84 Å². The fraction of sp³-hybridized carbons (Fsp3) is 0.273. The van der Waals surface area contributed by atoms with E-state index in [4.69, 9.17) is 9.84 Å². The molecule has 1 aromatic rings. The maximum atomic E-state index is 8.63. The van der Waals surface area contributed by atoms with Gasteiger partial charge in [0, 0.05) is 18.3 Å². The number of benzene rings is 1. The molecule has 0 amide bonds. The first-order valence-corrected chi connectivity index (χ1v) is 4.55. The van der Waals surface area contributed by atoms with Gasteiger partial charge in [-0.25, -0.2) is 0 Å². The minimum absolute atomic E-state index is 0.123. The van der Waals surface area contributed by atoms with Crippen LogP contribution < -0.4 is 10.1 Å². The van der Waals surface area contributed by atoms with E-state index in [9.17, 15) is 0 Å². The van der Waals surface area contributed by atoms with E-state index in [1.54, 1.807) is 6.08 Å². The maximum Gasteiger partial charge on any atom is 0.121 e. The molecule has 3 heteroatoms. The standard InChI is InChI=1S/C11H15NO2/c1-2-8-14-11-5-3-4-10(9-11)12-6-7-13/h2-5,9,12-13H,1,6-8H2. The molecule has 14 heavy (non-hydrogen) atoms. The molecule has 0 aliphatic heterocycles. The Bertz CT molecular complexity index is 286. The first-order valence-electron chi connectivity index (χ1n) is 4.55. The molecule has 0 aliphatic rings. The minimum Gasteiger partial charge on any atom is -0.489 e. The largest absolute Gasteiger partial charge is 0.489 e. The second-order valence-electron chi connectivity index (χ2n) is 2.78. The van der Waals surface area contributed by atoms with Gasteiger partial charge in [0.2, 0.25) is 0 Å². The molecule has 0 aliphatic carbocycles. The van der Waals surface area contributed by atoms with E-state index in [-0.39, 0.29) is 6.61 Å². The maximum absolute atomic E-state index is 8.63. The smallest absolute Gasteiger partial charge is 0.121 e. The molecule has 0 aromatic heterocycles. The third-order valence-corrected chi connectivity index (χ3v) is 1.64. The first kappa shape index (κ1) is 10.6. The number of nitrogens with one attached hydrogen (secondary N) is 1. The highest BCUT2D eigenvalue weighted by Crippen LogP contribution is 2.16. The molecule has 0 saturated carbocycles. The summed E-state index contributed by atoms with van der Waals surface area (Å²) in [5.41, 5.74) is 0.945. The number of hydrogen-bond donors (Lipinski definition) is 2. The Morgan fingerprint density at radius 2 is 2.36 bits per heavy atom. The van der Waals surface area contributed by atoms with E-state index >= 15 is 0 Å². The highest BCUT2D eigenvalue weighted by Gasteiger charge is 1.94. The van der Waals surface area contributed by atoms with E-state index in [1.807, 2.05) is 24.3 Å². The second-order valence-corrected chi connectivity index (χ2v) is 2.78. The Kier molecular flexibility index (Phi) is 4.58. The molecule has 2 N–H and O–H groups in total. The van der Waals surface area contributed by atoms with Gasteiger partial charge in [-0.05, 0) is 12.1 Å². The topological polar surface area (TPSA) is 41.5 Å². The molecule has 0 heterocycles. The minimum atomic E-state index is 0.123. The lowest BCUT2D eigenvalue weighted by Crippen LogP contribution is -2.05. The van der Waals surface area contributed by atoms with E-state index < -0.39 is 0 Å². The Hall–Kier alpha value is -1.48. The van der Waals surface area contributed by atoms with Crippen molar-refractivity contribution in [3.63, 3.8) is 0 Å². The molecular formula is C11H15NO2. The molecule has 0 fully saturated rings. The molecular weight excluding hydrogens is 178 g/mol. The van der Waals surface area contributed by atoms with Gasteiger partial charge >= 0.3 is 0 Å². The average Bonchev–Trinajstić information content (AvgIpc) is 2.24. The van der Waals surface area contributed by atoms with Gasteiger partial charge in [-0.3, -0.25) is 0 Å². The number of hydrogen-bond acceptors (Lipinski definition) is 3. The van der Waals surface area contributed by atoms with Gasteiger partial charge in [0.05, 0.1) is 6.61 Å². The third-order valence-electron chi connectivity index (χ3n) is 1.64. The van der Waals surface area contributed by atoms with Crippen LogP contribution in [0, 0.1) is 0 Å². The predicted molar refractivity (Wildman–Crippen MR) is 57.7 cm³/mol. The van der Waals surface area contributed by atoms with Crippen LogP contribution in [0.2, 0.25) is 0 Å². The van der Waals surface area contributed by atoms with Gasteiger partial charge in [-0.1, -0.05) is 18.7 Å². The van der Waals surface area contributed by atoms with E-state index in [1.165, 1.54) is 0 Å². The normalized spacial score (nSPS) is 9.50. The lowest BCUT2D eigenvalue weighted by molar-refractivity contribution is 0.311. The molecule has 0 radical (unpaired) electrons. The molecule has 0 saturated heterocycles. The summed E-state index contributed by atoms with van der Waals surface area (Å²) in [5.74, 6) is 0.799. The van der Waals surface area contributed by atoms with Crippen molar-refractivity contribution in [2.45, 2.75) is 0 Å². The van der Waals surface area contributed by atoms with Gasteiger partial charge in [-0.15, -0.1) is 0 Å². The van der Waals surface area contributed by atoms with Crippen LogP contribution in [-0.4, -0.2) is 24.9 Å². The fourth-order valence-electron chi connectivity index (χ4n) is 1.05. The van der Waals surface area contributed by atoms with Gasteiger partial charge in [-0.2, -0.15) is 0 Å². The Morgan fingerprint density at radius 3 is 3.07 bits per heavy atom. The monoisotopic (exact) mass is 193 g/mol. The predicted octanol–water partition coefficient (Wildman–Crippen LogP) is 1.66. The van der Waals surface area contributed by atoms with Crippen molar-refractivity contribution in [1.82, 2.24) is 0 Å². The van der Waals surface area contributed by atoms with Crippen LogP contribution in [-0.2, 0) is 0 Å². The summed E-state index contributed by atoms with van der Waals surface area (Å²) in [4.78, 5) is 0. The van der Waals surface area contributed by atoms with Gasteiger partial charge in [0.1, 0.15) is 12.4 Å². The van der Waals surface area contributed by atoms with Crippen LogP contribution >= 0.6 is 0 Å². The number of anilines is 1. The zero-order valence-corrected chi connectivity index (χ0v) is 8.07. The quantitative estimate of drug-likeness (QED) is 0.675. The Balaban J connectivity index is 2.54. The summed E-state index contributed by atoms with van der Waals surface area (Å²) >= 11 is 0. The molecule has 1 rings (SSSR count). The SMILES string of the molecule is C=CCOc1cccc(NCCO)c1. The molecule has 1 aromatic carbocycles. The van der Waals surface area contributed by atoms with Crippen molar-refractivity contribution in [1.29, 1.82) is 0 Å². The van der Waals surface area contributed by atoms with Gasteiger partial charge in [0.25, 0.3) is 0 Å². The first-order chi connectivity index (χ1) is 6.86. The van der Waals surface area contributed by atoms with E-state index in [0.717, 1.165) is 11.4 Å². The summed E-state index contributed by atoms with van der Waals surface area (Å²) < 4.78 is 5.36. The van der Waals surface area contributed by atoms with Crippen LogP contribution in [0.3, 0.4) is 0 Å². The van der Waals surface area contributed by atoms with Crippen LogP contribution in [0.5, 0.6) is 5.75 Å². The lowest BCUT2D eigenvalue weighted by atomic mass is 10.3. The number of ether oxygens (including phenoxy) is 1. The summed E-state index contributed by atoms with van der Waals surface area (Å²) in [6.45, 7) is 4.75. The van der Waals surface area contributed by atoms with Gasteiger partial charge in [0.15, 0.2) is 0 Å². The number of aliphatic hydroxyl groups excluding tert-OH is 1. The van der Waals surface area contributed by atoms with E-state index in [2.05, 4.69) is 11.9 Å². The zero-order chi connectivity index (χ0) is 10.2. The number of aliphatic hydroxyl groups is 1. The third kappa shape index (κ3) is 3.49. The molecule has 0 unspecified atom stereocenters. The van der Waals surface area contributed by atoms with Crippen LogP contribution in [0.25, 0.3) is 0 Å². The van der Waals surface area contributed by atoms with E-state index in [0.29, 0.717) is 13.2 Å². The van der Waals surface area contributed by atoms with Crippen molar-refractivity contribution in [3.8, 4) is 5.75 Å². The summed E-state index contributed by atoms with van der Waals surface area (Å²) in [6.07, 6.45) is 1.70. The van der Waals surface area contributed by atoms with Crippen molar-refractivity contribution in [2.24, 2.45) is 0 Å². The van der Waals surface area contributed by atoms with Crippen LogP contribution in [0.15, 0.2) is 36.9 Å². The number of rotatable bonds is 6. The average molecular weight is 193 g/mol. The van der Waals surface area contributed by atoms with Gasteiger partial charge < -0.3 is 15.2 Å². The van der Waals surface area contributed by atoms with Crippen molar-refractivity contribution in [3.05, 3.63) is 36.9 Å². The zero-order valence-electron chi connectivity index (χ0n) is 8.07. The Labute approximate surface area is 84.0 Å². The molecule has 0 bridgehead atoms.